The molecule has 0 spiro atoms. The van der Waals surface area contributed by atoms with Crippen LogP contribution in [0, 0.1) is 0 Å². The van der Waals surface area contributed by atoms with Gasteiger partial charge in [-0.05, 0) is 39.4 Å². The Bertz CT molecular complexity index is 199. The van der Waals surface area contributed by atoms with Crippen LogP contribution in [-0.4, -0.2) is 25.2 Å². The van der Waals surface area contributed by atoms with E-state index in [0.717, 1.165) is 12.2 Å². The van der Waals surface area contributed by atoms with E-state index in [0.29, 0.717) is 4.75 Å². The molecule has 0 fully saturated rings. The van der Waals surface area contributed by atoms with Crippen LogP contribution in [0.2, 0.25) is 0 Å². The quantitative estimate of drug-likeness (QED) is 0.690. The highest BCUT2D eigenvalue weighted by Crippen LogP contribution is 2.24. The smallest absolute Gasteiger partial charge is 0.0375 e. The summed E-state index contributed by atoms with van der Waals surface area (Å²) in [6.45, 7) is 12.9. The summed E-state index contributed by atoms with van der Waals surface area (Å²) >= 11 is 1.99. The van der Waals surface area contributed by atoms with Crippen molar-refractivity contribution < 1.29 is 4.21 Å². The number of unbranched alkanes of at least 4 members (excludes halogenated alkanes) is 1. The molecule has 0 aromatic heterocycles. The Morgan fingerprint density at radius 1 is 1.00 bits per heavy atom. The van der Waals surface area contributed by atoms with E-state index in [2.05, 4.69) is 20.8 Å². The molecule has 0 aliphatic carbocycles. The molecule has 1 unspecified atom stereocenters. The lowest BCUT2D eigenvalue weighted by molar-refractivity contribution is 0.645. The van der Waals surface area contributed by atoms with E-state index in [1.165, 1.54) is 12.2 Å². The van der Waals surface area contributed by atoms with E-state index >= 15 is 0 Å². The first-order valence-corrected chi connectivity index (χ1v) is 7.96. The molecule has 0 bridgehead atoms. The molecule has 0 rings (SSSR count). The molecule has 0 saturated carbocycles. The fourth-order valence-corrected chi connectivity index (χ4v) is 3.06. The fraction of sp³-hybridized carbons (Fsp3) is 1.00. The average molecular weight is 250 g/mol. The summed E-state index contributed by atoms with van der Waals surface area (Å²) in [4.78, 5) is 0. The van der Waals surface area contributed by atoms with Gasteiger partial charge in [0.05, 0.1) is 0 Å². The molecule has 1 atom stereocenters. The molecular weight excluding hydrogens is 224 g/mol. The van der Waals surface area contributed by atoms with Crippen molar-refractivity contribution in [2.75, 3.05) is 11.5 Å². The van der Waals surface area contributed by atoms with Gasteiger partial charge in [0.25, 0.3) is 0 Å². The Kier molecular flexibility index (Phi) is 6.50. The minimum absolute atomic E-state index is 0.0445. The molecule has 15 heavy (non-hydrogen) atoms. The van der Waals surface area contributed by atoms with Gasteiger partial charge in [-0.15, -0.1) is 0 Å². The predicted octanol–water partition coefficient (Wildman–Crippen LogP) is 3.85. The zero-order valence-corrected chi connectivity index (χ0v) is 12.7. The molecule has 0 saturated heterocycles. The molecular formula is C12H26OS2. The van der Waals surface area contributed by atoms with Crippen molar-refractivity contribution in [1.82, 2.24) is 0 Å². The van der Waals surface area contributed by atoms with E-state index in [1.54, 1.807) is 0 Å². The summed E-state index contributed by atoms with van der Waals surface area (Å²) in [7, 11) is -0.671. The van der Waals surface area contributed by atoms with E-state index in [1.807, 2.05) is 32.5 Å². The van der Waals surface area contributed by atoms with Crippen LogP contribution in [-0.2, 0) is 10.8 Å². The largest absolute Gasteiger partial charge is 0.259 e. The molecule has 1 nitrogen and oxygen atoms in total. The molecule has 0 aromatic carbocycles. The van der Waals surface area contributed by atoms with Gasteiger partial charge in [0.1, 0.15) is 0 Å². The number of thioether (sulfide) groups is 1. The van der Waals surface area contributed by atoms with Gasteiger partial charge in [-0.3, -0.25) is 4.21 Å². The average Bonchev–Trinajstić information content (AvgIpc) is 1.99. The van der Waals surface area contributed by atoms with Gasteiger partial charge < -0.3 is 0 Å². The molecule has 0 heterocycles. The number of hydrogen-bond donors (Lipinski definition) is 0. The van der Waals surface area contributed by atoms with Crippen LogP contribution >= 0.6 is 11.8 Å². The molecule has 0 aromatic rings. The number of hydrogen-bond acceptors (Lipinski definition) is 2. The lowest BCUT2D eigenvalue weighted by Gasteiger charge is -2.19. The zero-order chi connectivity index (χ0) is 12.1. The maximum absolute atomic E-state index is 11.7. The summed E-state index contributed by atoms with van der Waals surface area (Å²) in [6, 6.07) is 0. The Morgan fingerprint density at radius 3 is 1.93 bits per heavy atom. The second-order valence-electron chi connectivity index (χ2n) is 5.83. The van der Waals surface area contributed by atoms with Crippen LogP contribution in [0.1, 0.15) is 54.4 Å². The summed E-state index contributed by atoms with van der Waals surface area (Å²) in [5.41, 5.74) is 0. The maximum atomic E-state index is 11.7. The minimum Gasteiger partial charge on any atom is -0.259 e. The van der Waals surface area contributed by atoms with Gasteiger partial charge in [0, 0.05) is 26.0 Å². The van der Waals surface area contributed by atoms with Gasteiger partial charge in [-0.2, -0.15) is 11.8 Å². The Hall–Kier alpha value is 0.500. The van der Waals surface area contributed by atoms with Gasteiger partial charge >= 0.3 is 0 Å². The van der Waals surface area contributed by atoms with Gasteiger partial charge in [0.2, 0.25) is 0 Å². The topological polar surface area (TPSA) is 17.1 Å². The van der Waals surface area contributed by atoms with Crippen molar-refractivity contribution in [3.63, 3.8) is 0 Å². The van der Waals surface area contributed by atoms with Crippen molar-refractivity contribution in [2.45, 2.75) is 63.9 Å². The van der Waals surface area contributed by atoms with Crippen molar-refractivity contribution >= 4 is 22.6 Å². The Morgan fingerprint density at radius 2 is 1.53 bits per heavy atom. The van der Waals surface area contributed by atoms with Gasteiger partial charge in [0.15, 0.2) is 0 Å². The standard InChI is InChI=1S/C12H26OS2/c1-11(2,3)14-9-7-8-10-15(13)12(4,5)6/h7-10H2,1-6H3. The highest BCUT2D eigenvalue weighted by atomic mass is 32.2. The van der Waals surface area contributed by atoms with Crippen molar-refractivity contribution in [1.29, 1.82) is 0 Å². The third-order valence-corrected chi connectivity index (χ3v) is 5.33. The van der Waals surface area contributed by atoms with E-state index < -0.39 is 10.8 Å². The normalized spacial score (nSPS) is 15.3. The minimum atomic E-state index is -0.671. The first-order valence-electron chi connectivity index (χ1n) is 5.65. The second-order valence-corrected chi connectivity index (χ2v) is 10.1. The van der Waals surface area contributed by atoms with Crippen LogP contribution in [0.3, 0.4) is 0 Å². The summed E-state index contributed by atoms with van der Waals surface area (Å²) in [6.07, 6.45) is 2.27. The van der Waals surface area contributed by atoms with E-state index in [9.17, 15) is 4.21 Å². The van der Waals surface area contributed by atoms with Crippen LogP contribution in [0.5, 0.6) is 0 Å². The van der Waals surface area contributed by atoms with E-state index in [-0.39, 0.29) is 4.75 Å². The summed E-state index contributed by atoms with van der Waals surface area (Å²) in [5, 5.41) is 0. The molecule has 3 heteroatoms. The maximum Gasteiger partial charge on any atom is 0.0375 e. The SMILES string of the molecule is CC(C)(C)SCCCCS(=O)C(C)(C)C. The van der Waals surface area contributed by atoms with E-state index in [4.69, 9.17) is 0 Å². The lowest BCUT2D eigenvalue weighted by atomic mass is 10.3. The third-order valence-electron chi connectivity index (χ3n) is 1.94. The monoisotopic (exact) mass is 250 g/mol. The molecule has 92 valence electrons. The zero-order valence-electron chi connectivity index (χ0n) is 11.1. The van der Waals surface area contributed by atoms with Crippen LogP contribution in [0.25, 0.3) is 0 Å². The van der Waals surface area contributed by atoms with Gasteiger partial charge in [-0.1, -0.05) is 20.8 Å². The summed E-state index contributed by atoms with van der Waals surface area (Å²) in [5.74, 6) is 2.04. The first kappa shape index (κ1) is 15.5. The highest BCUT2D eigenvalue weighted by Gasteiger charge is 2.18. The fourth-order valence-electron chi connectivity index (χ4n) is 1.02. The first-order chi connectivity index (χ1) is 6.63. The van der Waals surface area contributed by atoms with Crippen LogP contribution < -0.4 is 0 Å². The molecule has 0 radical (unpaired) electrons. The van der Waals surface area contributed by atoms with Crippen molar-refractivity contribution in [3.05, 3.63) is 0 Å². The van der Waals surface area contributed by atoms with Crippen LogP contribution in [0.4, 0.5) is 0 Å². The molecule has 0 N–H and O–H groups in total. The lowest BCUT2D eigenvalue weighted by Crippen LogP contribution is -2.24. The highest BCUT2D eigenvalue weighted by molar-refractivity contribution is 8.00. The molecule has 0 aliphatic heterocycles. The number of rotatable bonds is 5. The summed E-state index contributed by atoms with van der Waals surface area (Å²) < 4.78 is 12.0. The van der Waals surface area contributed by atoms with Gasteiger partial charge in [-0.25, -0.2) is 0 Å². The predicted molar refractivity (Wildman–Crippen MR) is 74.2 cm³/mol. The molecule has 0 amide bonds. The second kappa shape index (κ2) is 6.29. The molecule has 0 aliphatic rings. The van der Waals surface area contributed by atoms with Crippen molar-refractivity contribution in [3.8, 4) is 0 Å². The Balaban J connectivity index is 3.53. The van der Waals surface area contributed by atoms with Crippen LogP contribution in [0.15, 0.2) is 0 Å². The third kappa shape index (κ3) is 9.43. The Labute approximate surface area is 102 Å². The van der Waals surface area contributed by atoms with Crippen molar-refractivity contribution in [2.24, 2.45) is 0 Å².